The standard InChI is InChI=1S/C26H29N3O3S/c1-4-28(5-2)13-8-14-29-25(32)22(16-18-9-6-7-10-21(18)30)33-26(29)23-19-15-17(3)11-12-20(19)27-24(23)31/h6-7,9-12,15-16,30H,4-5,8,13-14H2,1-3H3,(H,27,31)/b22-16?,26-23-. The highest BCUT2D eigenvalue weighted by atomic mass is 32.1. The lowest BCUT2D eigenvalue weighted by molar-refractivity contribution is -0.110. The van der Waals surface area contributed by atoms with Gasteiger partial charge >= 0.3 is 0 Å². The van der Waals surface area contributed by atoms with Crippen LogP contribution in [0.2, 0.25) is 0 Å². The number of thiazole rings is 1. The van der Waals surface area contributed by atoms with Gasteiger partial charge < -0.3 is 15.3 Å². The molecule has 0 spiro atoms. The second kappa shape index (κ2) is 9.77. The molecule has 1 amide bonds. The Balaban J connectivity index is 1.91. The number of carbonyl (C=O) groups is 1. The second-order valence-electron chi connectivity index (χ2n) is 8.19. The number of hydrogen-bond donors (Lipinski definition) is 2. The van der Waals surface area contributed by atoms with Crippen LogP contribution in [-0.2, 0) is 11.3 Å². The summed E-state index contributed by atoms with van der Waals surface area (Å²) in [6.07, 6.45) is 2.51. The molecule has 1 aliphatic rings. The number of aromatic hydroxyl groups is 1. The SMILES string of the molecule is CCN(CC)CCCn1c(=O)c(=Cc2ccccc2O)s/c1=C1\C(=O)Nc2ccc(C)cc21. The molecule has 0 bridgehead atoms. The van der Waals surface area contributed by atoms with Gasteiger partial charge in [-0.2, -0.15) is 0 Å². The number of benzene rings is 2. The van der Waals surface area contributed by atoms with Crippen LogP contribution in [0, 0.1) is 6.92 Å². The summed E-state index contributed by atoms with van der Waals surface area (Å²) in [4.78, 5) is 28.8. The maximum absolute atomic E-state index is 13.5. The van der Waals surface area contributed by atoms with Crippen molar-refractivity contribution < 1.29 is 9.90 Å². The Hall–Kier alpha value is -3.16. The fraction of sp³-hybridized carbons (Fsp3) is 0.308. The molecule has 2 N–H and O–H groups in total. The largest absolute Gasteiger partial charge is 0.507 e. The smallest absolute Gasteiger partial charge is 0.269 e. The molecule has 2 aromatic carbocycles. The first-order valence-electron chi connectivity index (χ1n) is 11.3. The lowest BCUT2D eigenvalue weighted by Gasteiger charge is -2.17. The van der Waals surface area contributed by atoms with Crippen molar-refractivity contribution in [3.05, 3.63) is 78.7 Å². The summed E-state index contributed by atoms with van der Waals surface area (Å²) in [6.45, 7) is 9.56. The monoisotopic (exact) mass is 463 g/mol. The van der Waals surface area contributed by atoms with Gasteiger partial charge in [-0.1, -0.05) is 43.7 Å². The van der Waals surface area contributed by atoms with E-state index in [0.717, 1.165) is 42.9 Å². The third-order valence-electron chi connectivity index (χ3n) is 6.02. The number of carbonyl (C=O) groups excluding carboxylic acids is 1. The zero-order valence-electron chi connectivity index (χ0n) is 19.2. The van der Waals surface area contributed by atoms with Crippen LogP contribution in [-0.4, -0.2) is 40.1 Å². The lowest BCUT2D eigenvalue weighted by Crippen LogP contribution is -2.34. The highest BCUT2D eigenvalue weighted by Gasteiger charge is 2.27. The minimum atomic E-state index is -0.191. The van der Waals surface area contributed by atoms with E-state index in [4.69, 9.17) is 0 Å². The van der Waals surface area contributed by atoms with Gasteiger partial charge in [0.2, 0.25) is 0 Å². The lowest BCUT2D eigenvalue weighted by atomic mass is 10.1. The number of amides is 1. The molecule has 2 heterocycles. The van der Waals surface area contributed by atoms with Gasteiger partial charge in [-0.25, -0.2) is 0 Å². The van der Waals surface area contributed by atoms with E-state index in [2.05, 4.69) is 24.1 Å². The Morgan fingerprint density at radius 2 is 1.88 bits per heavy atom. The molecule has 1 aliphatic heterocycles. The molecule has 7 heteroatoms. The normalized spacial score (nSPS) is 15.3. The molecule has 1 aromatic heterocycles. The Bertz CT molecular complexity index is 1370. The van der Waals surface area contributed by atoms with Crippen molar-refractivity contribution >= 4 is 34.6 Å². The minimum absolute atomic E-state index is 0.118. The summed E-state index contributed by atoms with van der Waals surface area (Å²) in [5, 5.41) is 13.1. The molecular formula is C26H29N3O3S. The molecule has 4 rings (SSSR count). The molecule has 0 saturated heterocycles. The van der Waals surface area contributed by atoms with Gasteiger partial charge in [0.1, 0.15) is 10.4 Å². The summed E-state index contributed by atoms with van der Waals surface area (Å²) < 4.78 is 2.88. The van der Waals surface area contributed by atoms with Crippen molar-refractivity contribution in [2.45, 2.75) is 33.7 Å². The molecule has 0 unspecified atom stereocenters. The number of aromatic nitrogens is 1. The molecule has 0 fully saturated rings. The average Bonchev–Trinajstić information content (AvgIpc) is 3.28. The number of nitrogens with zero attached hydrogens (tertiary/aromatic N) is 2. The third kappa shape index (κ3) is 4.65. The van der Waals surface area contributed by atoms with E-state index in [1.165, 1.54) is 11.3 Å². The molecule has 3 aromatic rings. The minimum Gasteiger partial charge on any atom is -0.507 e. The Labute approximate surface area is 197 Å². The van der Waals surface area contributed by atoms with Crippen LogP contribution in [0.15, 0.2) is 47.3 Å². The van der Waals surface area contributed by atoms with Gasteiger partial charge in [0.25, 0.3) is 11.5 Å². The molecule has 33 heavy (non-hydrogen) atoms. The van der Waals surface area contributed by atoms with Crippen molar-refractivity contribution in [3.63, 3.8) is 0 Å². The number of phenols is 1. The second-order valence-corrected chi connectivity index (χ2v) is 9.22. The Morgan fingerprint density at radius 3 is 2.61 bits per heavy atom. The predicted octanol–water partition coefficient (Wildman–Crippen LogP) is 2.64. The topological polar surface area (TPSA) is 74.6 Å². The molecule has 172 valence electrons. The van der Waals surface area contributed by atoms with E-state index in [-0.39, 0.29) is 17.2 Å². The van der Waals surface area contributed by atoms with Crippen LogP contribution < -0.4 is 20.1 Å². The summed E-state index contributed by atoms with van der Waals surface area (Å²) in [6, 6.07) is 12.8. The van der Waals surface area contributed by atoms with E-state index in [0.29, 0.717) is 26.9 Å². The van der Waals surface area contributed by atoms with Crippen molar-refractivity contribution in [2.75, 3.05) is 25.0 Å². The van der Waals surface area contributed by atoms with Gasteiger partial charge in [-0.15, -0.1) is 11.3 Å². The Morgan fingerprint density at radius 1 is 1.12 bits per heavy atom. The molecule has 0 aliphatic carbocycles. The van der Waals surface area contributed by atoms with Crippen molar-refractivity contribution in [1.29, 1.82) is 0 Å². The highest BCUT2D eigenvalue weighted by molar-refractivity contribution is 7.07. The number of aryl methyl sites for hydroxylation is 1. The summed E-state index contributed by atoms with van der Waals surface area (Å²) in [7, 11) is 0. The first-order valence-corrected chi connectivity index (χ1v) is 12.1. The van der Waals surface area contributed by atoms with E-state index in [1.54, 1.807) is 28.8 Å². The van der Waals surface area contributed by atoms with Gasteiger partial charge in [0, 0.05) is 23.4 Å². The number of nitrogens with one attached hydrogen (secondary N) is 1. The zero-order valence-corrected chi connectivity index (χ0v) is 20.0. The van der Waals surface area contributed by atoms with E-state index in [9.17, 15) is 14.7 Å². The summed E-state index contributed by atoms with van der Waals surface area (Å²) >= 11 is 1.30. The number of phenolic OH excluding ortho intramolecular Hbond substituents is 1. The number of fused-ring (bicyclic) bond motifs is 1. The summed E-state index contributed by atoms with van der Waals surface area (Å²) in [5.74, 6) is -0.0735. The van der Waals surface area contributed by atoms with Gasteiger partial charge in [0.05, 0.1) is 10.1 Å². The third-order valence-corrected chi connectivity index (χ3v) is 7.15. The maximum Gasteiger partial charge on any atom is 0.269 e. The predicted molar refractivity (Wildman–Crippen MR) is 134 cm³/mol. The number of para-hydroxylation sites is 1. The van der Waals surface area contributed by atoms with Gasteiger partial charge in [0.15, 0.2) is 0 Å². The zero-order chi connectivity index (χ0) is 23.5. The van der Waals surface area contributed by atoms with Crippen molar-refractivity contribution in [1.82, 2.24) is 9.47 Å². The molecule has 6 nitrogen and oxygen atoms in total. The van der Waals surface area contributed by atoms with Crippen LogP contribution in [0.3, 0.4) is 0 Å². The van der Waals surface area contributed by atoms with Crippen molar-refractivity contribution in [2.24, 2.45) is 0 Å². The Kier molecular flexibility index (Phi) is 6.81. The molecular weight excluding hydrogens is 434 g/mol. The number of rotatable bonds is 7. The van der Waals surface area contributed by atoms with Crippen LogP contribution in [0.4, 0.5) is 5.69 Å². The van der Waals surface area contributed by atoms with Gasteiger partial charge in [-0.3, -0.25) is 14.2 Å². The number of hydrogen-bond acceptors (Lipinski definition) is 5. The molecule has 0 saturated carbocycles. The highest BCUT2D eigenvalue weighted by Crippen LogP contribution is 2.30. The average molecular weight is 464 g/mol. The fourth-order valence-electron chi connectivity index (χ4n) is 4.14. The van der Waals surface area contributed by atoms with E-state index in [1.807, 2.05) is 31.2 Å². The number of anilines is 1. The van der Waals surface area contributed by atoms with Crippen LogP contribution in [0.5, 0.6) is 5.75 Å². The molecule has 0 radical (unpaired) electrons. The quantitative estimate of drug-likeness (QED) is 0.565. The van der Waals surface area contributed by atoms with E-state index >= 15 is 0 Å². The van der Waals surface area contributed by atoms with Crippen molar-refractivity contribution in [3.8, 4) is 5.75 Å². The first kappa shape index (κ1) is 23.0. The first-order chi connectivity index (χ1) is 15.9. The fourth-order valence-corrected chi connectivity index (χ4v) is 5.33. The van der Waals surface area contributed by atoms with E-state index < -0.39 is 0 Å². The molecule has 0 atom stereocenters. The van der Waals surface area contributed by atoms with Gasteiger partial charge in [-0.05, 0) is 57.3 Å². The summed E-state index contributed by atoms with van der Waals surface area (Å²) in [5.41, 5.74) is 3.62. The maximum atomic E-state index is 13.5. The van der Waals surface area contributed by atoms with Crippen LogP contribution >= 0.6 is 11.3 Å². The van der Waals surface area contributed by atoms with Crippen LogP contribution in [0.25, 0.3) is 11.6 Å². The van der Waals surface area contributed by atoms with Crippen LogP contribution in [0.1, 0.15) is 37.0 Å².